The fourth-order valence-corrected chi connectivity index (χ4v) is 4.47. The van der Waals surface area contributed by atoms with Gasteiger partial charge in [-0.2, -0.15) is 0 Å². The number of benzene rings is 2. The van der Waals surface area contributed by atoms with Gasteiger partial charge in [0.05, 0.1) is 12.5 Å². The Hall–Kier alpha value is -3.39. The molecule has 2 aliphatic carbocycles. The summed E-state index contributed by atoms with van der Waals surface area (Å²) in [5, 5.41) is 14.4. The summed E-state index contributed by atoms with van der Waals surface area (Å²) in [6.07, 6.45) is 1.07. The fourth-order valence-electron chi connectivity index (χ4n) is 4.47. The van der Waals surface area contributed by atoms with E-state index in [1.807, 2.05) is 36.4 Å². The first-order valence-electron chi connectivity index (χ1n) is 11.6. The summed E-state index contributed by atoms with van der Waals surface area (Å²) in [5.41, 5.74) is 4.53. The summed E-state index contributed by atoms with van der Waals surface area (Å²) in [7, 11) is 1.40. The number of carbonyl (C=O) groups excluding carboxylic acids is 2. The van der Waals surface area contributed by atoms with Gasteiger partial charge in [-0.3, -0.25) is 9.59 Å². The molecular weight excluding hydrogens is 436 g/mol. The van der Waals surface area contributed by atoms with E-state index >= 15 is 0 Å². The number of hydrogen-bond donors (Lipinski definition) is 3. The second kappa shape index (κ2) is 10.7. The number of methoxy groups -OCH3 is 1. The van der Waals surface area contributed by atoms with E-state index in [-0.39, 0.29) is 31.4 Å². The van der Waals surface area contributed by atoms with Gasteiger partial charge in [-0.15, -0.1) is 0 Å². The van der Waals surface area contributed by atoms with Crippen molar-refractivity contribution in [2.24, 2.45) is 5.92 Å². The molecule has 2 aromatic rings. The van der Waals surface area contributed by atoms with Crippen molar-refractivity contribution >= 4 is 18.0 Å². The highest BCUT2D eigenvalue weighted by atomic mass is 16.5. The lowest BCUT2D eigenvalue weighted by Crippen LogP contribution is -2.49. The topological polar surface area (TPSA) is 114 Å². The molecule has 0 radical (unpaired) electrons. The Kier molecular flexibility index (Phi) is 7.47. The molecule has 1 unspecified atom stereocenters. The largest absolute Gasteiger partial charge is 0.481 e. The van der Waals surface area contributed by atoms with Crippen LogP contribution >= 0.6 is 0 Å². The van der Waals surface area contributed by atoms with Crippen molar-refractivity contribution in [1.29, 1.82) is 0 Å². The van der Waals surface area contributed by atoms with E-state index in [0.29, 0.717) is 12.3 Å². The van der Waals surface area contributed by atoms with Crippen LogP contribution in [0.3, 0.4) is 0 Å². The Morgan fingerprint density at radius 3 is 2.21 bits per heavy atom. The van der Waals surface area contributed by atoms with Crippen LogP contribution in [0.25, 0.3) is 11.1 Å². The Morgan fingerprint density at radius 2 is 1.65 bits per heavy atom. The molecule has 2 aliphatic rings. The maximum Gasteiger partial charge on any atom is 0.407 e. The molecule has 8 nitrogen and oxygen atoms in total. The molecule has 180 valence electrons. The molecule has 3 N–H and O–H groups in total. The lowest BCUT2D eigenvalue weighted by atomic mass is 9.98. The third-order valence-electron chi connectivity index (χ3n) is 6.46. The quantitative estimate of drug-likeness (QED) is 0.468. The molecule has 2 amide bonds. The van der Waals surface area contributed by atoms with Crippen LogP contribution in [0.5, 0.6) is 0 Å². The predicted molar refractivity (Wildman–Crippen MR) is 125 cm³/mol. The van der Waals surface area contributed by atoms with Gasteiger partial charge < -0.3 is 25.2 Å². The summed E-state index contributed by atoms with van der Waals surface area (Å²) in [5.74, 6) is -1.05. The van der Waals surface area contributed by atoms with Crippen molar-refractivity contribution in [3.8, 4) is 11.1 Å². The summed E-state index contributed by atoms with van der Waals surface area (Å²) >= 11 is 0. The van der Waals surface area contributed by atoms with E-state index in [0.717, 1.165) is 35.1 Å². The van der Waals surface area contributed by atoms with Crippen molar-refractivity contribution < 1.29 is 29.0 Å². The van der Waals surface area contributed by atoms with Crippen LogP contribution < -0.4 is 10.6 Å². The number of nitrogens with one attached hydrogen (secondary N) is 2. The normalized spacial score (nSPS) is 16.1. The number of carboxylic acids is 1. The predicted octanol–water partition coefficient (Wildman–Crippen LogP) is 3.30. The van der Waals surface area contributed by atoms with Crippen LogP contribution in [-0.4, -0.2) is 55.5 Å². The zero-order valence-corrected chi connectivity index (χ0v) is 19.2. The number of fused-ring (bicyclic) bond motifs is 3. The van der Waals surface area contributed by atoms with Crippen LogP contribution in [0, 0.1) is 5.92 Å². The molecule has 34 heavy (non-hydrogen) atoms. The summed E-state index contributed by atoms with van der Waals surface area (Å²) in [4.78, 5) is 36.3. The summed E-state index contributed by atoms with van der Waals surface area (Å²) in [6.45, 7) is 0.219. The minimum atomic E-state index is -1.01. The molecule has 0 bridgehead atoms. The van der Waals surface area contributed by atoms with Gasteiger partial charge in [-0.1, -0.05) is 61.4 Å². The third-order valence-corrected chi connectivity index (χ3v) is 6.46. The molecule has 0 aliphatic heterocycles. The van der Waals surface area contributed by atoms with E-state index in [2.05, 4.69) is 22.8 Å². The van der Waals surface area contributed by atoms with Crippen molar-refractivity contribution in [2.75, 3.05) is 20.3 Å². The van der Waals surface area contributed by atoms with E-state index in [1.54, 1.807) is 0 Å². The van der Waals surface area contributed by atoms with Crippen molar-refractivity contribution in [1.82, 2.24) is 10.6 Å². The fraction of sp³-hybridized carbons (Fsp3) is 0.423. The van der Waals surface area contributed by atoms with Crippen molar-refractivity contribution in [3.63, 3.8) is 0 Å². The average molecular weight is 467 g/mol. The van der Waals surface area contributed by atoms with Crippen molar-refractivity contribution in [3.05, 3.63) is 59.7 Å². The van der Waals surface area contributed by atoms with E-state index in [9.17, 15) is 14.4 Å². The van der Waals surface area contributed by atoms with Crippen LogP contribution in [0.2, 0.25) is 0 Å². The highest BCUT2D eigenvalue weighted by Crippen LogP contribution is 2.44. The molecule has 0 saturated heterocycles. The Labute approximate surface area is 198 Å². The van der Waals surface area contributed by atoms with Crippen LogP contribution in [0.15, 0.2) is 48.5 Å². The van der Waals surface area contributed by atoms with Gasteiger partial charge in [-0.05, 0) is 34.6 Å². The second-order valence-electron chi connectivity index (χ2n) is 8.90. The Bertz CT molecular complexity index is 1010. The van der Waals surface area contributed by atoms with E-state index in [1.165, 1.54) is 7.11 Å². The highest BCUT2D eigenvalue weighted by molar-refractivity contribution is 5.86. The molecular formula is C26H30N2O6. The van der Waals surface area contributed by atoms with Gasteiger partial charge >= 0.3 is 12.1 Å². The molecule has 1 saturated carbocycles. The lowest BCUT2D eigenvalue weighted by Gasteiger charge is -2.21. The Morgan fingerprint density at radius 1 is 1.03 bits per heavy atom. The maximum atomic E-state index is 12.8. The minimum absolute atomic E-state index is 0.0508. The van der Waals surface area contributed by atoms with Gasteiger partial charge in [0, 0.05) is 19.6 Å². The minimum Gasteiger partial charge on any atom is -0.481 e. The highest BCUT2D eigenvalue weighted by Gasteiger charge is 2.32. The molecule has 0 aromatic heterocycles. The lowest BCUT2D eigenvalue weighted by molar-refractivity contribution is -0.140. The zero-order valence-electron chi connectivity index (χ0n) is 19.2. The number of ether oxygens (including phenoxy) is 2. The maximum absolute atomic E-state index is 12.8. The smallest absolute Gasteiger partial charge is 0.407 e. The second-order valence-corrected chi connectivity index (χ2v) is 8.90. The number of alkyl carbamates (subject to hydrolysis) is 1. The first-order valence-corrected chi connectivity index (χ1v) is 11.6. The molecule has 4 rings (SSSR count). The average Bonchev–Trinajstić information content (AvgIpc) is 3.60. The van der Waals surface area contributed by atoms with E-state index < -0.39 is 24.2 Å². The number of amides is 2. The molecule has 2 aromatic carbocycles. The van der Waals surface area contributed by atoms with Crippen LogP contribution in [0.4, 0.5) is 4.79 Å². The van der Waals surface area contributed by atoms with Gasteiger partial charge in [0.25, 0.3) is 0 Å². The van der Waals surface area contributed by atoms with Gasteiger partial charge in [0.2, 0.25) is 5.91 Å². The first kappa shape index (κ1) is 23.8. The number of carbonyl (C=O) groups is 3. The summed E-state index contributed by atoms with van der Waals surface area (Å²) in [6, 6.07) is 15.4. The zero-order chi connectivity index (χ0) is 24.1. The van der Waals surface area contributed by atoms with Gasteiger partial charge in [0.15, 0.2) is 0 Å². The molecule has 2 atom stereocenters. The SMILES string of the molecule is COC(CNC(=O)[C@H](CC1CC1)NC(=O)OCC1c2ccccc2-c2ccccc21)CC(=O)O. The Balaban J connectivity index is 1.35. The molecule has 8 heteroatoms. The molecule has 1 fully saturated rings. The standard InChI is InChI=1S/C26H30N2O6/c1-33-17(13-24(29)30)14-27-25(31)23(12-16-10-11-16)28-26(32)34-15-22-20-8-4-2-6-18(20)19-7-3-5-9-21(19)22/h2-9,16-17,22-23H,10-15H2,1H3,(H,27,31)(H,28,32)(H,29,30)/t17?,23-/m0/s1. The van der Waals surface area contributed by atoms with E-state index in [4.69, 9.17) is 14.6 Å². The molecule has 0 spiro atoms. The monoisotopic (exact) mass is 466 g/mol. The summed E-state index contributed by atoms with van der Waals surface area (Å²) < 4.78 is 10.7. The molecule has 0 heterocycles. The third kappa shape index (κ3) is 5.75. The van der Waals surface area contributed by atoms with Crippen LogP contribution in [-0.2, 0) is 19.1 Å². The van der Waals surface area contributed by atoms with Crippen LogP contribution in [0.1, 0.15) is 42.7 Å². The number of aliphatic carboxylic acids is 1. The number of hydrogen-bond acceptors (Lipinski definition) is 5. The number of rotatable bonds is 11. The van der Waals surface area contributed by atoms with Gasteiger partial charge in [-0.25, -0.2) is 4.79 Å². The van der Waals surface area contributed by atoms with Crippen molar-refractivity contribution in [2.45, 2.75) is 43.7 Å². The van der Waals surface area contributed by atoms with Gasteiger partial charge in [0.1, 0.15) is 12.6 Å². The number of carboxylic acid groups (broad SMARTS) is 1. The first-order chi connectivity index (χ1) is 16.5.